The van der Waals surface area contributed by atoms with Crippen molar-refractivity contribution in [3.8, 4) is 6.07 Å². The number of nitrogens with one attached hydrogen (secondary N) is 1. The number of benzene rings is 1. The molecule has 6 nitrogen and oxygen atoms in total. The molecule has 1 N–H and O–H groups in total. The van der Waals surface area contributed by atoms with E-state index < -0.39 is 0 Å². The second-order valence-corrected chi connectivity index (χ2v) is 7.35. The summed E-state index contributed by atoms with van der Waals surface area (Å²) >= 11 is 0. The fourth-order valence-electron chi connectivity index (χ4n) is 3.76. The molecular formula is C24H25N5O. The van der Waals surface area contributed by atoms with Crippen molar-refractivity contribution in [2.24, 2.45) is 0 Å². The summed E-state index contributed by atoms with van der Waals surface area (Å²) in [5.41, 5.74) is 3.49. The van der Waals surface area contributed by atoms with Crippen LogP contribution >= 0.6 is 0 Å². The quantitative estimate of drug-likeness (QED) is 0.564. The maximum Gasteiger partial charge on any atom is 0.140 e. The number of aromatic nitrogens is 2. The first-order valence-electron chi connectivity index (χ1n) is 10.3. The highest BCUT2D eigenvalue weighted by Crippen LogP contribution is 2.31. The van der Waals surface area contributed by atoms with Crippen LogP contribution in [0, 0.1) is 11.3 Å². The zero-order valence-corrected chi connectivity index (χ0v) is 16.9. The third-order valence-corrected chi connectivity index (χ3v) is 5.26. The normalized spacial score (nSPS) is 16.3. The first-order valence-corrected chi connectivity index (χ1v) is 10.3. The molecule has 1 fully saturated rings. The summed E-state index contributed by atoms with van der Waals surface area (Å²) in [7, 11) is 0. The standard InChI is InChI=1S/C24H25N5O/c25-16-20-11-12-21(17-26-20)27-24-10-4-8-22(28-24)23-9-5-13-29(23)14-15-30-18-19-6-2-1-3-7-19/h1-4,6-8,10-12,17,23H,5,9,13-15,18H2,(H,27,28). The van der Waals surface area contributed by atoms with Crippen molar-refractivity contribution >= 4 is 11.5 Å². The molecular weight excluding hydrogens is 374 g/mol. The number of nitriles is 1. The Bertz CT molecular complexity index is 984. The number of ether oxygens (including phenoxy) is 1. The number of pyridine rings is 2. The molecule has 0 bridgehead atoms. The lowest BCUT2D eigenvalue weighted by Gasteiger charge is -2.24. The molecule has 1 unspecified atom stereocenters. The van der Waals surface area contributed by atoms with Gasteiger partial charge in [-0.2, -0.15) is 5.26 Å². The minimum Gasteiger partial charge on any atom is -0.375 e. The third kappa shape index (κ3) is 5.20. The molecule has 30 heavy (non-hydrogen) atoms. The van der Waals surface area contributed by atoms with Crippen molar-refractivity contribution in [2.75, 3.05) is 25.0 Å². The summed E-state index contributed by atoms with van der Waals surface area (Å²) < 4.78 is 5.88. The van der Waals surface area contributed by atoms with Crippen LogP contribution in [0.2, 0.25) is 0 Å². The predicted molar refractivity (Wildman–Crippen MR) is 116 cm³/mol. The van der Waals surface area contributed by atoms with Gasteiger partial charge in [0, 0.05) is 6.54 Å². The van der Waals surface area contributed by atoms with E-state index in [9.17, 15) is 0 Å². The van der Waals surface area contributed by atoms with E-state index in [1.165, 1.54) is 12.0 Å². The third-order valence-electron chi connectivity index (χ3n) is 5.26. The van der Waals surface area contributed by atoms with Crippen LogP contribution < -0.4 is 5.32 Å². The van der Waals surface area contributed by atoms with E-state index in [0.717, 1.165) is 36.7 Å². The Kier molecular flexibility index (Phi) is 6.65. The van der Waals surface area contributed by atoms with Crippen LogP contribution in [0.25, 0.3) is 0 Å². The van der Waals surface area contributed by atoms with Gasteiger partial charge in [-0.05, 0) is 49.2 Å². The molecule has 2 aromatic heterocycles. The maximum atomic E-state index is 8.88. The Hall–Kier alpha value is -3.27. The smallest absolute Gasteiger partial charge is 0.140 e. The molecule has 0 amide bonds. The molecule has 152 valence electrons. The van der Waals surface area contributed by atoms with Crippen LogP contribution in [0.4, 0.5) is 11.5 Å². The molecule has 3 heterocycles. The van der Waals surface area contributed by atoms with Crippen molar-refractivity contribution in [3.05, 3.63) is 83.8 Å². The van der Waals surface area contributed by atoms with Crippen molar-refractivity contribution in [1.29, 1.82) is 5.26 Å². The van der Waals surface area contributed by atoms with Gasteiger partial charge in [-0.25, -0.2) is 9.97 Å². The fourth-order valence-corrected chi connectivity index (χ4v) is 3.76. The lowest BCUT2D eigenvalue weighted by atomic mass is 10.1. The number of nitrogens with zero attached hydrogens (tertiary/aromatic N) is 4. The minimum absolute atomic E-state index is 0.311. The van der Waals surface area contributed by atoms with Gasteiger partial charge in [0.2, 0.25) is 0 Å². The van der Waals surface area contributed by atoms with E-state index in [1.807, 2.05) is 42.5 Å². The monoisotopic (exact) mass is 399 g/mol. The molecule has 3 aromatic rings. The largest absolute Gasteiger partial charge is 0.375 e. The SMILES string of the molecule is N#Cc1ccc(Nc2cccc(C3CCCN3CCOCc3ccccc3)n2)cn1. The first kappa shape index (κ1) is 20.0. The van der Waals surface area contributed by atoms with Crippen molar-refractivity contribution in [2.45, 2.75) is 25.5 Å². The summed E-state index contributed by atoms with van der Waals surface area (Å²) in [5, 5.41) is 12.2. The Labute approximate surface area is 177 Å². The highest BCUT2D eigenvalue weighted by atomic mass is 16.5. The Morgan fingerprint density at radius 1 is 1.10 bits per heavy atom. The highest BCUT2D eigenvalue weighted by molar-refractivity contribution is 5.55. The molecule has 4 rings (SSSR count). The highest BCUT2D eigenvalue weighted by Gasteiger charge is 2.26. The zero-order chi connectivity index (χ0) is 20.6. The topological polar surface area (TPSA) is 74.1 Å². The summed E-state index contributed by atoms with van der Waals surface area (Å²) in [5.74, 6) is 0.784. The average molecular weight is 399 g/mol. The van der Waals surface area contributed by atoms with Crippen LogP contribution in [0.1, 0.15) is 35.8 Å². The molecule has 0 radical (unpaired) electrons. The zero-order valence-electron chi connectivity index (χ0n) is 16.9. The molecule has 0 aliphatic carbocycles. The minimum atomic E-state index is 0.311. The molecule has 6 heteroatoms. The van der Waals surface area contributed by atoms with Gasteiger partial charge >= 0.3 is 0 Å². The Morgan fingerprint density at radius 2 is 2.00 bits per heavy atom. The van der Waals surface area contributed by atoms with Crippen LogP contribution in [0.15, 0.2) is 66.9 Å². The van der Waals surface area contributed by atoms with E-state index in [-0.39, 0.29) is 0 Å². The molecule has 1 saturated heterocycles. The number of anilines is 2. The van der Waals surface area contributed by atoms with E-state index in [1.54, 1.807) is 12.3 Å². The lowest BCUT2D eigenvalue weighted by molar-refractivity contribution is 0.0882. The maximum absolute atomic E-state index is 8.88. The van der Waals surface area contributed by atoms with Gasteiger partial charge in [-0.1, -0.05) is 36.4 Å². The van der Waals surface area contributed by atoms with Crippen molar-refractivity contribution < 1.29 is 4.74 Å². The number of hydrogen-bond donors (Lipinski definition) is 1. The van der Waals surface area contributed by atoms with Crippen molar-refractivity contribution in [1.82, 2.24) is 14.9 Å². The summed E-state index contributed by atoms with van der Waals surface area (Å²) in [6.45, 7) is 3.32. The summed E-state index contributed by atoms with van der Waals surface area (Å²) in [6, 6.07) is 22.2. The molecule has 0 spiro atoms. The van der Waals surface area contributed by atoms with Crippen LogP contribution in [0.3, 0.4) is 0 Å². The second-order valence-electron chi connectivity index (χ2n) is 7.35. The lowest BCUT2D eigenvalue weighted by Crippen LogP contribution is -2.27. The van der Waals surface area contributed by atoms with Crippen LogP contribution in [-0.2, 0) is 11.3 Å². The van der Waals surface area contributed by atoms with E-state index in [2.05, 4.69) is 33.4 Å². The predicted octanol–water partition coefficient (Wildman–Crippen LogP) is 4.45. The number of likely N-dealkylation sites (tertiary alicyclic amines) is 1. The summed E-state index contributed by atoms with van der Waals surface area (Å²) in [4.78, 5) is 11.4. The van der Waals surface area contributed by atoms with Crippen molar-refractivity contribution in [3.63, 3.8) is 0 Å². The first-order chi connectivity index (χ1) is 14.8. The van der Waals surface area contributed by atoms with E-state index in [4.69, 9.17) is 15.0 Å². The van der Waals surface area contributed by atoms with Gasteiger partial charge in [0.05, 0.1) is 36.8 Å². The fraction of sp³-hybridized carbons (Fsp3) is 0.292. The molecule has 1 aliphatic rings. The van der Waals surface area contributed by atoms with Gasteiger partial charge in [-0.3, -0.25) is 4.90 Å². The van der Waals surface area contributed by atoms with E-state index >= 15 is 0 Å². The molecule has 0 saturated carbocycles. The Morgan fingerprint density at radius 3 is 2.80 bits per heavy atom. The second kappa shape index (κ2) is 9.97. The number of hydrogen-bond acceptors (Lipinski definition) is 6. The van der Waals surface area contributed by atoms with Crippen LogP contribution in [0.5, 0.6) is 0 Å². The van der Waals surface area contributed by atoms with E-state index in [0.29, 0.717) is 24.9 Å². The molecule has 1 aromatic carbocycles. The molecule has 1 aliphatic heterocycles. The Balaban J connectivity index is 1.34. The average Bonchev–Trinajstić information content (AvgIpc) is 3.27. The van der Waals surface area contributed by atoms with Gasteiger partial charge in [0.1, 0.15) is 17.6 Å². The molecule has 1 atom stereocenters. The summed E-state index contributed by atoms with van der Waals surface area (Å²) in [6.07, 6.45) is 3.93. The van der Waals surface area contributed by atoms with Gasteiger partial charge in [0.15, 0.2) is 0 Å². The van der Waals surface area contributed by atoms with Gasteiger partial charge in [0.25, 0.3) is 0 Å². The van der Waals surface area contributed by atoms with Gasteiger partial charge in [-0.15, -0.1) is 0 Å². The van der Waals surface area contributed by atoms with Gasteiger partial charge < -0.3 is 10.1 Å². The van der Waals surface area contributed by atoms with Crippen LogP contribution in [-0.4, -0.2) is 34.6 Å². The number of rotatable bonds is 8.